The van der Waals surface area contributed by atoms with Gasteiger partial charge in [0, 0.05) is 24.3 Å². The lowest BCUT2D eigenvalue weighted by molar-refractivity contribution is -0.123. The summed E-state index contributed by atoms with van der Waals surface area (Å²) >= 11 is 0. The molecular weight excluding hydrogens is 245 g/mol. The van der Waals surface area contributed by atoms with E-state index in [-0.39, 0.29) is 5.56 Å². The first kappa shape index (κ1) is 12.5. The summed E-state index contributed by atoms with van der Waals surface area (Å²) in [6.45, 7) is -1.32. The molecule has 0 aliphatic heterocycles. The Hall–Kier alpha value is -1.98. The van der Waals surface area contributed by atoms with Gasteiger partial charge in [0.05, 0.1) is 0 Å². The second-order valence-corrected chi connectivity index (χ2v) is 4.00. The first-order chi connectivity index (χ1) is 8.37. The first-order valence-corrected chi connectivity index (χ1v) is 5.27. The molecule has 1 aromatic heterocycles. The van der Waals surface area contributed by atoms with Crippen LogP contribution in [0.4, 0.5) is 13.2 Å². The molecule has 1 heterocycles. The zero-order valence-corrected chi connectivity index (χ0v) is 9.58. The lowest BCUT2D eigenvalue weighted by atomic mass is 10.1. The van der Waals surface area contributed by atoms with Crippen LogP contribution in [0.3, 0.4) is 0 Å². The van der Waals surface area contributed by atoms with Crippen molar-refractivity contribution < 1.29 is 18.0 Å². The zero-order valence-electron chi connectivity index (χ0n) is 9.58. The highest BCUT2D eigenvalue weighted by atomic mass is 19.4. The number of amides is 1. The third-order valence-corrected chi connectivity index (χ3v) is 2.60. The maximum absolute atomic E-state index is 12.0. The van der Waals surface area contributed by atoms with Gasteiger partial charge >= 0.3 is 6.18 Å². The highest BCUT2D eigenvalue weighted by molar-refractivity contribution is 5.98. The maximum atomic E-state index is 12.0. The number of fused-ring (bicyclic) bond motifs is 1. The lowest BCUT2D eigenvalue weighted by Crippen LogP contribution is -2.33. The van der Waals surface area contributed by atoms with Crippen molar-refractivity contribution in [1.82, 2.24) is 9.88 Å². The fourth-order valence-corrected chi connectivity index (χ4v) is 1.69. The Morgan fingerprint density at radius 1 is 1.33 bits per heavy atom. The molecule has 0 saturated carbocycles. The molecular formula is C12H11F3N2O. The summed E-state index contributed by atoms with van der Waals surface area (Å²) in [5.41, 5.74) is 1.02. The molecule has 0 aliphatic rings. The van der Waals surface area contributed by atoms with Crippen LogP contribution in [-0.4, -0.2) is 23.2 Å². The van der Waals surface area contributed by atoms with E-state index in [4.69, 9.17) is 0 Å². The van der Waals surface area contributed by atoms with Gasteiger partial charge in [-0.25, -0.2) is 0 Å². The van der Waals surface area contributed by atoms with Gasteiger partial charge in [0.15, 0.2) is 0 Å². The number of nitrogens with zero attached hydrogens (tertiary/aromatic N) is 1. The van der Waals surface area contributed by atoms with E-state index in [1.54, 1.807) is 23.7 Å². The molecule has 1 aromatic carbocycles. The van der Waals surface area contributed by atoms with Gasteiger partial charge in [-0.05, 0) is 23.6 Å². The highest BCUT2D eigenvalue weighted by Crippen LogP contribution is 2.17. The van der Waals surface area contributed by atoms with Crippen molar-refractivity contribution in [1.29, 1.82) is 0 Å². The Balaban J connectivity index is 2.20. The Morgan fingerprint density at radius 2 is 2.06 bits per heavy atom. The molecule has 2 aromatic rings. The molecule has 0 fully saturated rings. The van der Waals surface area contributed by atoms with Crippen LogP contribution in [0.1, 0.15) is 10.4 Å². The normalized spacial score (nSPS) is 11.8. The van der Waals surface area contributed by atoms with Gasteiger partial charge < -0.3 is 9.88 Å². The van der Waals surface area contributed by atoms with Crippen molar-refractivity contribution in [3.63, 3.8) is 0 Å². The number of benzene rings is 1. The molecule has 0 radical (unpaired) electrons. The number of aromatic nitrogens is 1. The van der Waals surface area contributed by atoms with Gasteiger partial charge in [-0.15, -0.1) is 0 Å². The predicted molar refractivity (Wildman–Crippen MR) is 61.3 cm³/mol. The Bertz CT molecular complexity index is 587. The van der Waals surface area contributed by atoms with Gasteiger partial charge in [-0.2, -0.15) is 13.2 Å². The molecule has 0 aliphatic carbocycles. The van der Waals surface area contributed by atoms with Crippen LogP contribution in [0.25, 0.3) is 10.9 Å². The third kappa shape index (κ3) is 2.64. The van der Waals surface area contributed by atoms with Crippen LogP contribution in [0, 0.1) is 0 Å². The quantitative estimate of drug-likeness (QED) is 0.880. The minimum absolute atomic E-state index is 0.216. The van der Waals surface area contributed by atoms with Gasteiger partial charge in [-0.3, -0.25) is 4.79 Å². The number of hydrogen-bond donors (Lipinski definition) is 1. The van der Waals surface area contributed by atoms with Crippen molar-refractivity contribution in [3.8, 4) is 0 Å². The number of alkyl halides is 3. The lowest BCUT2D eigenvalue weighted by Gasteiger charge is -2.08. The molecule has 0 saturated heterocycles. The average molecular weight is 256 g/mol. The summed E-state index contributed by atoms with van der Waals surface area (Å²) in [4.78, 5) is 11.5. The number of nitrogens with one attached hydrogen (secondary N) is 1. The van der Waals surface area contributed by atoms with E-state index in [9.17, 15) is 18.0 Å². The SMILES string of the molecule is Cn1ccc2ccc(C(=O)NCC(F)(F)F)cc21. The van der Waals surface area contributed by atoms with Gasteiger partial charge in [0.25, 0.3) is 5.91 Å². The number of aryl methyl sites for hydroxylation is 1. The second-order valence-electron chi connectivity index (χ2n) is 4.00. The minimum Gasteiger partial charge on any atom is -0.351 e. The smallest absolute Gasteiger partial charge is 0.351 e. The number of carbonyl (C=O) groups excluding carboxylic acids is 1. The number of halogens is 3. The summed E-state index contributed by atoms with van der Waals surface area (Å²) in [6.07, 6.45) is -2.58. The van der Waals surface area contributed by atoms with E-state index in [1.165, 1.54) is 6.07 Å². The summed E-state index contributed by atoms with van der Waals surface area (Å²) < 4.78 is 37.7. The average Bonchev–Trinajstić information content (AvgIpc) is 2.67. The molecule has 1 amide bonds. The van der Waals surface area contributed by atoms with E-state index >= 15 is 0 Å². The molecule has 0 unspecified atom stereocenters. The molecule has 3 nitrogen and oxygen atoms in total. The van der Waals surface area contributed by atoms with Crippen molar-refractivity contribution in [2.24, 2.45) is 7.05 Å². The van der Waals surface area contributed by atoms with Gasteiger partial charge in [-0.1, -0.05) is 6.07 Å². The van der Waals surface area contributed by atoms with E-state index in [0.29, 0.717) is 0 Å². The van der Waals surface area contributed by atoms with E-state index < -0.39 is 18.6 Å². The fourth-order valence-electron chi connectivity index (χ4n) is 1.69. The molecule has 0 bridgehead atoms. The Labute approximate surface area is 101 Å². The molecule has 0 atom stereocenters. The van der Waals surface area contributed by atoms with Crippen LogP contribution in [0.15, 0.2) is 30.5 Å². The van der Waals surface area contributed by atoms with Gasteiger partial charge in [0.1, 0.15) is 6.54 Å². The summed E-state index contributed by atoms with van der Waals surface area (Å²) in [6, 6.07) is 6.65. The topological polar surface area (TPSA) is 34.0 Å². The zero-order chi connectivity index (χ0) is 13.3. The van der Waals surface area contributed by atoms with E-state index in [2.05, 4.69) is 0 Å². The van der Waals surface area contributed by atoms with Crippen LogP contribution in [0.5, 0.6) is 0 Å². The largest absolute Gasteiger partial charge is 0.405 e. The minimum atomic E-state index is -4.40. The monoisotopic (exact) mass is 256 g/mol. The molecule has 18 heavy (non-hydrogen) atoms. The van der Waals surface area contributed by atoms with Crippen LogP contribution < -0.4 is 5.32 Å². The Morgan fingerprint density at radius 3 is 2.72 bits per heavy atom. The fraction of sp³-hybridized carbons (Fsp3) is 0.250. The second kappa shape index (κ2) is 4.36. The summed E-state index contributed by atoms with van der Waals surface area (Å²) in [5.74, 6) is -0.726. The molecule has 96 valence electrons. The molecule has 1 N–H and O–H groups in total. The highest BCUT2D eigenvalue weighted by Gasteiger charge is 2.27. The van der Waals surface area contributed by atoms with Crippen LogP contribution in [-0.2, 0) is 7.05 Å². The van der Waals surface area contributed by atoms with Crippen molar-refractivity contribution in [2.75, 3.05) is 6.54 Å². The standard InChI is InChI=1S/C12H11F3N2O/c1-17-5-4-8-2-3-9(6-10(8)17)11(18)16-7-12(13,14)15/h2-6H,7H2,1H3,(H,16,18). The number of rotatable bonds is 2. The van der Waals surface area contributed by atoms with E-state index in [1.807, 2.05) is 17.6 Å². The predicted octanol–water partition coefficient (Wildman–Crippen LogP) is 2.47. The summed E-state index contributed by atoms with van der Waals surface area (Å²) in [7, 11) is 1.81. The summed E-state index contributed by atoms with van der Waals surface area (Å²) in [5, 5.41) is 2.78. The van der Waals surface area contributed by atoms with Crippen LogP contribution >= 0.6 is 0 Å². The van der Waals surface area contributed by atoms with Crippen molar-refractivity contribution in [2.45, 2.75) is 6.18 Å². The molecule has 6 heteroatoms. The third-order valence-electron chi connectivity index (χ3n) is 2.60. The number of hydrogen-bond acceptors (Lipinski definition) is 1. The number of carbonyl (C=O) groups is 1. The van der Waals surface area contributed by atoms with Crippen LogP contribution in [0.2, 0.25) is 0 Å². The van der Waals surface area contributed by atoms with Gasteiger partial charge in [0.2, 0.25) is 0 Å². The molecule has 2 rings (SSSR count). The Kier molecular flexibility index (Phi) is 3.02. The maximum Gasteiger partial charge on any atom is 0.405 e. The van der Waals surface area contributed by atoms with Crippen molar-refractivity contribution in [3.05, 3.63) is 36.0 Å². The van der Waals surface area contributed by atoms with E-state index in [0.717, 1.165) is 10.9 Å². The van der Waals surface area contributed by atoms with Crippen molar-refractivity contribution >= 4 is 16.8 Å². The first-order valence-electron chi connectivity index (χ1n) is 5.27. The molecule has 0 spiro atoms.